The van der Waals surface area contributed by atoms with Gasteiger partial charge in [0, 0.05) is 17.6 Å². The highest BCUT2D eigenvalue weighted by Crippen LogP contribution is 2.25. The molecule has 0 aliphatic heterocycles. The van der Waals surface area contributed by atoms with Crippen LogP contribution in [0.3, 0.4) is 0 Å². The van der Waals surface area contributed by atoms with Crippen molar-refractivity contribution in [1.82, 2.24) is 5.32 Å². The number of benzene rings is 3. The number of primary amides is 1. The van der Waals surface area contributed by atoms with Crippen molar-refractivity contribution in [2.75, 3.05) is 18.9 Å². The number of aliphatic hydroxyl groups is 1. The van der Waals surface area contributed by atoms with Gasteiger partial charge in [-0.3, -0.25) is 4.79 Å². The van der Waals surface area contributed by atoms with E-state index >= 15 is 0 Å². The zero-order valence-electron chi connectivity index (χ0n) is 19.9. The first-order valence-corrected chi connectivity index (χ1v) is 11.2. The summed E-state index contributed by atoms with van der Waals surface area (Å²) in [4.78, 5) is 11.2. The lowest BCUT2D eigenvalue weighted by molar-refractivity contribution is 0.0991. The molecule has 0 heterocycles. The van der Waals surface area contributed by atoms with Crippen molar-refractivity contribution >= 4 is 11.6 Å². The molecule has 0 saturated heterocycles. The molecule has 0 aliphatic rings. The van der Waals surface area contributed by atoms with E-state index in [0.29, 0.717) is 35.0 Å². The molecule has 7 nitrogen and oxygen atoms in total. The van der Waals surface area contributed by atoms with Crippen molar-refractivity contribution in [2.45, 2.75) is 38.8 Å². The number of β-amino-alcohol motifs (C(OH)–C–C–N with tert-alkyl or cyclic N) is 1. The second-order valence-electron chi connectivity index (χ2n) is 9.03. The highest BCUT2D eigenvalue weighted by atomic mass is 16.5. The fraction of sp³-hybridized carbons (Fsp3) is 0.296. The number of nitrogens with one attached hydrogen (secondary N) is 1. The van der Waals surface area contributed by atoms with E-state index in [-0.39, 0.29) is 12.1 Å². The molecule has 34 heavy (non-hydrogen) atoms. The number of ether oxygens (including phenoxy) is 2. The van der Waals surface area contributed by atoms with Crippen molar-refractivity contribution < 1.29 is 19.4 Å². The van der Waals surface area contributed by atoms with Gasteiger partial charge in [0.1, 0.15) is 30.0 Å². The molecule has 0 aromatic heterocycles. The fourth-order valence-electron chi connectivity index (χ4n) is 3.49. The van der Waals surface area contributed by atoms with E-state index in [0.717, 1.165) is 17.5 Å². The number of carbonyl (C=O) groups is 1. The quantitative estimate of drug-likeness (QED) is 0.321. The third kappa shape index (κ3) is 7.23. The smallest absolute Gasteiger partial charge is 0.248 e. The zero-order valence-corrected chi connectivity index (χ0v) is 19.9. The van der Waals surface area contributed by atoms with Crippen LogP contribution in [0.4, 0.5) is 5.69 Å². The summed E-state index contributed by atoms with van der Waals surface area (Å²) < 4.78 is 11.5. The molecule has 0 fully saturated rings. The Kier molecular flexibility index (Phi) is 8.15. The van der Waals surface area contributed by atoms with Crippen molar-refractivity contribution in [3.05, 3.63) is 83.4 Å². The van der Waals surface area contributed by atoms with Crippen molar-refractivity contribution in [2.24, 2.45) is 5.73 Å². The predicted octanol–water partition coefficient (Wildman–Crippen LogP) is 3.82. The number of para-hydroxylation sites is 1. The first kappa shape index (κ1) is 25.1. The summed E-state index contributed by atoms with van der Waals surface area (Å²) in [5.41, 5.74) is 14.2. The Balaban J connectivity index is 1.47. The summed E-state index contributed by atoms with van der Waals surface area (Å²) in [6.45, 7) is 6.64. The van der Waals surface area contributed by atoms with E-state index in [9.17, 15) is 9.90 Å². The highest BCUT2D eigenvalue weighted by Gasteiger charge is 2.20. The van der Waals surface area contributed by atoms with Gasteiger partial charge in [-0.1, -0.05) is 24.3 Å². The standard InChI is InChI=1S/C27H33N3O4/c1-18-5-4-6-24(25(18)28)33-17-21(31)16-30-27(2,3)15-19-7-11-22(12-8-19)34-23-13-9-20(10-14-23)26(29)32/h4-14,21,30-31H,15-17,28H2,1-3H3,(H2,29,32)/t21-/m0/s1. The van der Waals surface area contributed by atoms with E-state index in [1.807, 2.05) is 43.3 Å². The van der Waals surface area contributed by atoms with E-state index in [4.69, 9.17) is 20.9 Å². The summed E-state index contributed by atoms with van der Waals surface area (Å²) in [6.07, 6.45) is 0.0924. The van der Waals surface area contributed by atoms with Gasteiger partial charge in [-0.2, -0.15) is 0 Å². The number of hydrogen-bond acceptors (Lipinski definition) is 6. The molecule has 1 atom stereocenters. The average Bonchev–Trinajstić information content (AvgIpc) is 2.80. The first-order chi connectivity index (χ1) is 16.1. The van der Waals surface area contributed by atoms with Crippen molar-refractivity contribution in [3.63, 3.8) is 0 Å². The van der Waals surface area contributed by atoms with Crippen LogP contribution < -0.4 is 26.3 Å². The Morgan fingerprint density at radius 2 is 1.65 bits per heavy atom. The Morgan fingerprint density at radius 3 is 2.26 bits per heavy atom. The number of hydrogen-bond donors (Lipinski definition) is 4. The van der Waals surface area contributed by atoms with Crippen molar-refractivity contribution in [1.29, 1.82) is 0 Å². The zero-order chi connectivity index (χ0) is 24.7. The molecule has 6 N–H and O–H groups in total. The van der Waals surface area contributed by atoms with Gasteiger partial charge in [0.15, 0.2) is 0 Å². The SMILES string of the molecule is Cc1cccc(OC[C@@H](O)CNC(C)(C)Cc2ccc(Oc3ccc(C(N)=O)cc3)cc2)c1N. The molecule has 3 aromatic rings. The van der Waals surface area contributed by atoms with E-state index in [1.54, 1.807) is 30.3 Å². The van der Waals surface area contributed by atoms with Crippen LogP contribution >= 0.6 is 0 Å². The van der Waals surface area contributed by atoms with Gasteiger partial charge < -0.3 is 31.4 Å². The van der Waals surface area contributed by atoms with Gasteiger partial charge in [0.25, 0.3) is 0 Å². The number of nitrogens with two attached hydrogens (primary N) is 2. The summed E-state index contributed by atoms with van der Waals surface area (Å²) in [6, 6.07) is 20.1. The Hall–Kier alpha value is -3.55. The predicted molar refractivity (Wildman–Crippen MR) is 134 cm³/mol. The lowest BCUT2D eigenvalue weighted by Gasteiger charge is -2.28. The minimum Gasteiger partial charge on any atom is -0.489 e. The Bertz CT molecular complexity index is 1100. The van der Waals surface area contributed by atoms with E-state index in [1.165, 1.54) is 0 Å². The summed E-state index contributed by atoms with van der Waals surface area (Å²) in [7, 11) is 0. The van der Waals surface area contributed by atoms with Crippen LogP contribution in [0.5, 0.6) is 17.2 Å². The molecule has 0 bridgehead atoms. The third-order valence-corrected chi connectivity index (χ3v) is 5.48. The van der Waals surface area contributed by atoms with Crippen LogP contribution in [0.2, 0.25) is 0 Å². The molecular formula is C27H33N3O4. The number of aliphatic hydroxyl groups excluding tert-OH is 1. The molecule has 3 aromatic carbocycles. The molecule has 0 saturated carbocycles. The lowest BCUT2D eigenvalue weighted by Crippen LogP contribution is -2.46. The molecule has 0 unspecified atom stereocenters. The van der Waals surface area contributed by atoms with Crippen LogP contribution in [-0.4, -0.2) is 35.8 Å². The molecule has 0 radical (unpaired) electrons. The van der Waals surface area contributed by atoms with Crippen molar-refractivity contribution in [3.8, 4) is 17.2 Å². The number of aryl methyl sites for hydroxylation is 1. The minimum absolute atomic E-state index is 0.156. The Labute approximate surface area is 200 Å². The molecule has 7 heteroatoms. The maximum atomic E-state index is 11.2. The number of nitrogen functional groups attached to an aromatic ring is 1. The first-order valence-electron chi connectivity index (χ1n) is 11.2. The van der Waals surface area contributed by atoms with Crippen LogP contribution in [0.25, 0.3) is 0 Å². The average molecular weight is 464 g/mol. The maximum Gasteiger partial charge on any atom is 0.248 e. The largest absolute Gasteiger partial charge is 0.489 e. The van der Waals surface area contributed by atoms with Gasteiger partial charge in [-0.05, 0) is 80.8 Å². The van der Waals surface area contributed by atoms with Gasteiger partial charge in [0.2, 0.25) is 5.91 Å². The monoisotopic (exact) mass is 463 g/mol. The van der Waals surface area contributed by atoms with Gasteiger partial charge in [0.05, 0.1) is 5.69 Å². The van der Waals surface area contributed by atoms with Gasteiger partial charge >= 0.3 is 0 Å². The molecule has 0 spiro atoms. The number of carbonyl (C=O) groups excluding carboxylic acids is 1. The lowest BCUT2D eigenvalue weighted by atomic mass is 9.94. The van der Waals surface area contributed by atoms with E-state index < -0.39 is 12.0 Å². The van der Waals surface area contributed by atoms with Crippen LogP contribution in [0.1, 0.15) is 35.3 Å². The van der Waals surface area contributed by atoms with Crippen LogP contribution in [0.15, 0.2) is 66.7 Å². The maximum absolute atomic E-state index is 11.2. The summed E-state index contributed by atoms with van der Waals surface area (Å²) in [5.74, 6) is 1.44. The molecule has 1 amide bonds. The topological polar surface area (TPSA) is 120 Å². The summed E-state index contributed by atoms with van der Waals surface area (Å²) >= 11 is 0. The highest BCUT2D eigenvalue weighted by molar-refractivity contribution is 5.92. The number of anilines is 1. The molecule has 3 rings (SSSR count). The number of amides is 1. The second kappa shape index (κ2) is 11.0. The normalized spacial score (nSPS) is 12.2. The molecule has 180 valence electrons. The van der Waals surface area contributed by atoms with E-state index in [2.05, 4.69) is 19.2 Å². The molecular weight excluding hydrogens is 430 g/mol. The van der Waals surface area contributed by atoms with Gasteiger partial charge in [-0.15, -0.1) is 0 Å². The fourth-order valence-corrected chi connectivity index (χ4v) is 3.49. The Morgan fingerprint density at radius 1 is 1.03 bits per heavy atom. The number of rotatable bonds is 11. The third-order valence-electron chi connectivity index (χ3n) is 5.48. The van der Waals surface area contributed by atoms with Crippen LogP contribution in [0, 0.1) is 6.92 Å². The van der Waals surface area contributed by atoms with Gasteiger partial charge in [-0.25, -0.2) is 0 Å². The second-order valence-corrected chi connectivity index (χ2v) is 9.03. The molecule has 0 aliphatic carbocycles. The minimum atomic E-state index is -0.670. The van der Waals surface area contributed by atoms with Crippen LogP contribution in [-0.2, 0) is 6.42 Å². The summed E-state index contributed by atoms with van der Waals surface area (Å²) in [5, 5.41) is 13.8.